The summed E-state index contributed by atoms with van der Waals surface area (Å²) < 4.78 is 15.5. The molecule has 0 saturated carbocycles. The van der Waals surface area contributed by atoms with Gasteiger partial charge in [-0.05, 0) is 61.0 Å². The molecule has 31 heavy (non-hydrogen) atoms. The van der Waals surface area contributed by atoms with Crippen molar-refractivity contribution in [2.45, 2.75) is 6.92 Å². The van der Waals surface area contributed by atoms with E-state index in [0.29, 0.717) is 16.9 Å². The topological polar surface area (TPSA) is 88.9 Å². The summed E-state index contributed by atoms with van der Waals surface area (Å²) in [6.45, 7) is 1.79. The van der Waals surface area contributed by atoms with Crippen LogP contribution in [0.4, 0.5) is 15.8 Å². The third-order valence-corrected chi connectivity index (χ3v) is 4.67. The number of carbonyl (C=O) groups is 2. The van der Waals surface area contributed by atoms with E-state index in [1.807, 2.05) is 0 Å². The van der Waals surface area contributed by atoms with E-state index in [1.165, 1.54) is 24.5 Å². The summed E-state index contributed by atoms with van der Waals surface area (Å²) >= 11 is 0. The maximum atomic E-state index is 13.9. The summed E-state index contributed by atoms with van der Waals surface area (Å²) in [7, 11) is 0. The Labute approximate surface area is 177 Å². The molecule has 0 bridgehead atoms. The van der Waals surface area contributed by atoms with Crippen LogP contribution in [0.3, 0.4) is 0 Å². The molecule has 0 unspecified atom stereocenters. The van der Waals surface area contributed by atoms with Crippen molar-refractivity contribution < 1.29 is 14.0 Å². The fraction of sp³-hybridized carbons (Fsp3) is 0.0435. The summed E-state index contributed by atoms with van der Waals surface area (Å²) in [4.78, 5) is 29.0. The molecule has 0 atom stereocenters. The molecule has 8 heteroatoms. The molecule has 0 radical (unpaired) electrons. The third kappa shape index (κ3) is 4.48. The Morgan fingerprint density at radius 1 is 0.935 bits per heavy atom. The van der Waals surface area contributed by atoms with Gasteiger partial charge in [-0.25, -0.2) is 14.1 Å². The van der Waals surface area contributed by atoms with Crippen molar-refractivity contribution in [1.82, 2.24) is 14.8 Å². The highest BCUT2D eigenvalue weighted by atomic mass is 19.1. The standard InChI is InChI=1S/C23H18FN5O2/c1-15-6-7-16(12-21(15)28-23(31)19-4-2-3-5-20(19)24)22(30)27-17-8-10-18(11-9-17)29-14-25-13-26-29/h2-14H,1H3,(H,27,30)(H,28,31). The van der Waals surface area contributed by atoms with Gasteiger partial charge in [-0.15, -0.1) is 0 Å². The van der Waals surface area contributed by atoms with Crippen LogP contribution in [0.15, 0.2) is 79.4 Å². The van der Waals surface area contributed by atoms with Crippen LogP contribution in [0.25, 0.3) is 5.69 Å². The van der Waals surface area contributed by atoms with Crippen LogP contribution < -0.4 is 10.6 Å². The first kappa shape index (κ1) is 20.0. The van der Waals surface area contributed by atoms with Gasteiger partial charge in [0.2, 0.25) is 0 Å². The molecule has 2 N–H and O–H groups in total. The molecular weight excluding hydrogens is 397 g/mol. The largest absolute Gasteiger partial charge is 0.322 e. The number of benzene rings is 3. The highest BCUT2D eigenvalue weighted by Crippen LogP contribution is 2.20. The highest BCUT2D eigenvalue weighted by Gasteiger charge is 2.14. The van der Waals surface area contributed by atoms with Gasteiger partial charge in [0.25, 0.3) is 11.8 Å². The Hall–Kier alpha value is -4.33. The van der Waals surface area contributed by atoms with Crippen LogP contribution in [-0.4, -0.2) is 26.6 Å². The summed E-state index contributed by atoms with van der Waals surface area (Å²) in [5.74, 6) is -1.53. The number of hydrogen-bond donors (Lipinski definition) is 2. The molecule has 0 saturated heterocycles. The second kappa shape index (κ2) is 8.58. The molecule has 154 valence electrons. The van der Waals surface area contributed by atoms with E-state index in [9.17, 15) is 14.0 Å². The van der Waals surface area contributed by atoms with Crippen molar-refractivity contribution >= 4 is 23.2 Å². The lowest BCUT2D eigenvalue weighted by Gasteiger charge is -2.12. The molecule has 7 nitrogen and oxygen atoms in total. The summed E-state index contributed by atoms with van der Waals surface area (Å²) in [5, 5.41) is 9.54. The van der Waals surface area contributed by atoms with Gasteiger partial charge < -0.3 is 10.6 Å². The number of hydrogen-bond acceptors (Lipinski definition) is 4. The van der Waals surface area contributed by atoms with Gasteiger partial charge >= 0.3 is 0 Å². The fourth-order valence-corrected chi connectivity index (χ4v) is 2.98. The summed E-state index contributed by atoms with van der Waals surface area (Å²) in [6.07, 6.45) is 3.02. The number of rotatable bonds is 5. The first-order chi connectivity index (χ1) is 15.0. The lowest BCUT2D eigenvalue weighted by atomic mass is 10.1. The van der Waals surface area contributed by atoms with Gasteiger partial charge in [0, 0.05) is 16.9 Å². The van der Waals surface area contributed by atoms with Crippen LogP contribution in [-0.2, 0) is 0 Å². The van der Waals surface area contributed by atoms with Crippen molar-refractivity contribution in [2.24, 2.45) is 0 Å². The normalized spacial score (nSPS) is 10.5. The minimum absolute atomic E-state index is 0.0655. The van der Waals surface area contributed by atoms with E-state index in [1.54, 1.807) is 66.5 Å². The summed E-state index contributed by atoms with van der Waals surface area (Å²) in [6, 6.07) is 17.8. The van der Waals surface area contributed by atoms with Crippen LogP contribution >= 0.6 is 0 Å². The molecule has 0 aliphatic heterocycles. The van der Waals surface area contributed by atoms with Gasteiger partial charge in [-0.3, -0.25) is 9.59 Å². The highest BCUT2D eigenvalue weighted by molar-refractivity contribution is 6.07. The third-order valence-electron chi connectivity index (χ3n) is 4.67. The molecule has 1 heterocycles. The van der Waals surface area contributed by atoms with Crippen molar-refractivity contribution in [1.29, 1.82) is 0 Å². The quantitative estimate of drug-likeness (QED) is 0.511. The van der Waals surface area contributed by atoms with Gasteiger partial charge in [-0.2, -0.15) is 5.10 Å². The number of aryl methyl sites for hydroxylation is 1. The van der Waals surface area contributed by atoms with Crippen LogP contribution in [0.5, 0.6) is 0 Å². The Bertz CT molecular complexity index is 1240. The maximum absolute atomic E-state index is 13.9. The Morgan fingerprint density at radius 3 is 2.42 bits per heavy atom. The number of carbonyl (C=O) groups excluding carboxylic acids is 2. The van der Waals surface area contributed by atoms with E-state index < -0.39 is 11.7 Å². The number of amides is 2. The number of anilines is 2. The zero-order valence-electron chi connectivity index (χ0n) is 16.5. The molecule has 1 aromatic heterocycles. The Morgan fingerprint density at radius 2 is 1.71 bits per heavy atom. The van der Waals surface area contributed by atoms with Crippen LogP contribution in [0.1, 0.15) is 26.3 Å². The van der Waals surface area contributed by atoms with Crippen molar-refractivity contribution in [3.8, 4) is 5.69 Å². The number of nitrogens with one attached hydrogen (secondary N) is 2. The monoisotopic (exact) mass is 415 g/mol. The molecule has 0 aliphatic carbocycles. The molecule has 0 spiro atoms. The number of aromatic nitrogens is 3. The average molecular weight is 415 g/mol. The van der Waals surface area contributed by atoms with Gasteiger partial charge in [0.1, 0.15) is 18.5 Å². The van der Waals surface area contributed by atoms with E-state index in [2.05, 4.69) is 20.7 Å². The van der Waals surface area contributed by atoms with Crippen molar-refractivity contribution in [3.05, 3.63) is 102 Å². The lowest BCUT2D eigenvalue weighted by Crippen LogP contribution is -2.16. The van der Waals surface area contributed by atoms with E-state index in [4.69, 9.17) is 0 Å². The molecule has 0 fully saturated rings. The first-order valence-electron chi connectivity index (χ1n) is 9.44. The van der Waals surface area contributed by atoms with Crippen LogP contribution in [0, 0.1) is 12.7 Å². The zero-order chi connectivity index (χ0) is 21.8. The SMILES string of the molecule is Cc1ccc(C(=O)Nc2ccc(-n3cncn3)cc2)cc1NC(=O)c1ccccc1F. The second-order valence-corrected chi connectivity index (χ2v) is 6.80. The molecular formula is C23H18FN5O2. The fourth-order valence-electron chi connectivity index (χ4n) is 2.98. The smallest absolute Gasteiger partial charge is 0.258 e. The molecule has 4 rings (SSSR count). The van der Waals surface area contributed by atoms with Crippen LogP contribution in [0.2, 0.25) is 0 Å². The minimum Gasteiger partial charge on any atom is -0.322 e. The molecule has 2 amide bonds. The zero-order valence-corrected chi connectivity index (χ0v) is 16.5. The summed E-state index contributed by atoms with van der Waals surface area (Å²) in [5.41, 5.74) is 2.88. The molecule has 4 aromatic rings. The van der Waals surface area contributed by atoms with Gasteiger partial charge in [-0.1, -0.05) is 18.2 Å². The number of halogens is 1. The average Bonchev–Trinajstić information content (AvgIpc) is 3.31. The van der Waals surface area contributed by atoms with E-state index in [-0.39, 0.29) is 11.5 Å². The van der Waals surface area contributed by atoms with E-state index in [0.717, 1.165) is 11.3 Å². The van der Waals surface area contributed by atoms with Gasteiger partial charge in [0.15, 0.2) is 0 Å². The predicted octanol–water partition coefficient (Wildman–Crippen LogP) is 4.22. The maximum Gasteiger partial charge on any atom is 0.258 e. The Kier molecular flexibility index (Phi) is 5.53. The molecule has 3 aromatic carbocycles. The second-order valence-electron chi connectivity index (χ2n) is 6.80. The van der Waals surface area contributed by atoms with E-state index >= 15 is 0 Å². The first-order valence-corrected chi connectivity index (χ1v) is 9.44. The molecule has 0 aliphatic rings. The van der Waals surface area contributed by atoms with Crippen molar-refractivity contribution in [2.75, 3.05) is 10.6 Å². The lowest BCUT2D eigenvalue weighted by molar-refractivity contribution is 0.101. The van der Waals surface area contributed by atoms with Gasteiger partial charge in [0.05, 0.1) is 11.3 Å². The minimum atomic E-state index is -0.610. The Balaban J connectivity index is 1.49. The number of nitrogens with zero attached hydrogens (tertiary/aromatic N) is 3. The predicted molar refractivity (Wildman–Crippen MR) is 115 cm³/mol. The van der Waals surface area contributed by atoms with Crippen molar-refractivity contribution in [3.63, 3.8) is 0 Å².